The van der Waals surface area contributed by atoms with Crippen LogP contribution in [0.5, 0.6) is 0 Å². The molecule has 1 heterocycles. The first kappa shape index (κ1) is 15.1. The second kappa shape index (κ2) is 6.93. The second-order valence-corrected chi connectivity index (χ2v) is 7.29. The zero-order chi connectivity index (χ0) is 13.8. The van der Waals surface area contributed by atoms with Crippen molar-refractivity contribution in [2.75, 3.05) is 6.54 Å². The molecule has 1 saturated carbocycles. The van der Waals surface area contributed by atoms with Gasteiger partial charge < -0.3 is 11.1 Å². The first-order valence-electron chi connectivity index (χ1n) is 6.52. The van der Waals surface area contributed by atoms with Crippen molar-refractivity contribution >= 4 is 40.4 Å². The first-order valence-corrected chi connectivity index (χ1v) is 8.09. The molecule has 2 rings (SSSR count). The molecule has 0 saturated heterocycles. The monoisotopic (exact) mass is 320 g/mol. The molecule has 1 unspecified atom stereocenters. The minimum atomic E-state index is 0.0635. The third kappa shape index (κ3) is 4.95. The molecule has 3 nitrogen and oxygen atoms in total. The molecule has 6 heteroatoms. The van der Waals surface area contributed by atoms with Crippen molar-refractivity contribution in [1.82, 2.24) is 5.32 Å². The normalized spacial score (nSPS) is 16.4. The number of amides is 1. The molecular weight excluding hydrogens is 303 g/mol. The number of hydrogen-bond acceptors (Lipinski definition) is 3. The summed E-state index contributed by atoms with van der Waals surface area (Å²) < 4.78 is 1.42. The van der Waals surface area contributed by atoms with Crippen molar-refractivity contribution < 1.29 is 4.79 Å². The van der Waals surface area contributed by atoms with Gasteiger partial charge in [-0.25, -0.2) is 0 Å². The second-order valence-electron chi connectivity index (χ2n) is 5.01. The molecule has 0 aliphatic heterocycles. The number of rotatable bonds is 7. The molecule has 106 valence electrons. The number of nitrogens with two attached hydrogens (primary N) is 1. The largest absolute Gasteiger partial charge is 0.355 e. The maximum atomic E-state index is 11.6. The molecule has 1 aromatic rings. The maximum Gasteiger partial charge on any atom is 0.220 e. The molecule has 0 bridgehead atoms. The molecule has 3 N–H and O–H groups in total. The highest BCUT2D eigenvalue weighted by Gasteiger charge is 2.28. The van der Waals surface area contributed by atoms with E-state index < -0.39 is 0 Å². The van der Waals surface area contributed by atoms with E-state index in [9.17, 15) is 4.79 Å². The Morgan fingerprint density at radius 3 is 2.84 bits per heavy atom. The summed E-state index contributed by atoms with van der Waals surface area (Å²) in [5.74, 6) is 0.681. The number of thiophene rings is 1. The van der Waals surface area contributed by atoms with Crippen LogP contribution in [0.15, 0.2) is 6.07 Å². The van der Waals surface area contributed by atoms with Gasteiger partial charge in [-0.3, -0.25) is 4.79 Å². The molecule has 1 atom stereocenters. The molecule has 19 heavy (non-hydrogen) atoms. The fraction of sp³-hybridized carbons (Fsp3) is 0.615. The van der Waals surface area contributed by atoms with Gasteiger partial charge in [0, 0.05) is 19.0 Å². The van der Waals surface area contributed by atoms with Crippen LogP contribution in [0.2, 0.25) is 8.67 Å². The summed E-state index contributed by atoms with van der Waals surface area (Å²) in [6, 6.07) is 1.99. The highest BCUT2D eigenvalue weighted by Crippen LogP contribution is 2.32. The van der Waals surface area contributed by atoms with Crippen LogP contribution in [0.3, 0.4) is 0 Å². The van der Waals surface area contributed by atoms with E-state index in [2.05, 4.69) is 5.32 Å². The highest BCUT2D eigenvalue weighted by atomic mass is 35.5. The smallest absolute Gasteiger partial charge is 0.220 e. The Hall–Kier alpha value is -0.290. The van der Waals surface area contributed by atoms with Gasteiger partial charge >= 0.3 is 0 Å². The number of nitrogens with one attached hydrogen (secondary N) is 1. The molecule has 0 spiro atoms. The number of halogens is 2. The fourth-order valence-corrected chi connectivity index (χ4v) is 3.54. The van der Waals surface area contributed by atoms with Crippen LogP contribution in [-0.4, -0.2) is 18.5 Å². The lowest BCUT2D eigenvalue weighted by Gasteiger charge is -2.11. The van der Waals surface area contributed by atoms with Crippen LogP contribution >= 0.6 is 34.5 Å². The van der Waals surface area contributed by atoms with Crippen molar-refractivity contribution in [3.05, 3.63) is 20.3 Å². The predicted octanol–water partition coefficient (Wildman–Crippen LogP) is 3.23. The van der Waals surface area contributed by atoms with E-state index in [-0.39, 0.29) is 11.9 Å². The quantitative estimate of drug-likeness (QED) is 0.810. The molecule has 1 fully saturated rings. The third-order valence-corrected chi connectivity index (χ3v) is 4.91. The zero-order valence-electron chi connectivity index (χ0n) is 10.6. The summed E-state index contributed by atoms with van der Waals surface area (Å²) in [7, 11) is 0. The lowest BCUT2D eigenvalue weighted by molar-refractivity contribution is -0.121. The van der Waals surface area contributed by atoms with Crippen LogP contribution in [0.4, 0.5) is 0 Å². The Kier molecular flexibility index (Phi) is 5.51. The molecule has 0 radical (unpaired) electrons. The minimum Gasteiger partial charge on any atom is -0.355 e. The van der Waals surface area contributed by atoms with Gasteiger partial charge in [0.25, 0.3) is 0 Å². The average molecular weight is 321 g/mol. The Bertz CT molecular complexity index is 446. The molecular formula is C13H18Cl2N2OS. The Morgan fingerprint density at radius 2 is 2.26 bits per heavy atom. The lowest BCUT2D eigenvalue weighted by Crippen LogP contribution is -2.38. The highest BCUT2D eigenvalue weighted by molar-refractivity contribution is 7.20. The van der Waals surface area contributed by atoms with Gasteiger partial charge in [-0.05, 0) is 43.2 Å². The van der Waals surface area contributed by atoms with Gasteiger partial charge in [-0.15, -0.1) is 11.3 Å². The van der Waals surface area contributed by atoms with Crippen LogP contribution in [0.1, 0.15) is 31.2 Å². The standard InChI is InChI=1S/C13H18Cl2N2OS/c14-11-6-9(13(15)19-11)2-1-3-12(18)17-7-10(16)8-4-5-8/h6,8,10H,1-5,7,16H2,(H,17,18). The van der Waals surface area contributed by atoms with E-state index in [4.69, 9.17) is 28.9 Å². The summed E-state index contributed by atoms with van der Waals surface area (Å²) in [4.78, 5) is 11.6. The number of carbonyl (C=O) groups excluding carboxylic acids is 1. The predicted molar refractivity (Wildman–Crippen MR) is 81.0 cm³/mol. The van der Waals surface area contributed by atoms with Gasteiger partial charge in [-0.1, -0.05) is 23.2 Å². The molecule has 1 amide bonds. The van der Waals surface area contributed by atoms with Gasteiger partial charge in [0.05, 0.1) is 8.67 Å². The van der Waals surface area contributed by atoms with Gasteiger partial charge in [0.1, 0.15) is 0 Å². The summed E-state index contributed by atoms with van der Waals surface area (Å²) in [5.41, 5.74) is 6.95. The van der Waals surface area contributed by atoms with E-state index in [0.717, 1.165) is 22.7 Å². The Labute approximate surface area is 127 Å². The summed E-state index contributed by atoms with van der Waals surface area (Å²) in [6.07, 6.45) is 4.46. The van der Waals surface area contributed by atoms with Crippen LogP contribution in [0.25, 0.3) is 0 Å². The van der Waals surface area contributed by atoms with Crippen molar-refractivity contribution in [2.45, 2.75) is 38.1 Å². The van der Waals surface area contributed by atoms with E-state index in [1.807, 2.05) is 6.07 Å². The van der Waals surface area contributed by atoms with Crippen molar-refractivity contribution in [2.24, 2.45) is 11.7 Å². The maximum absolute atomic E-state index is 11.6. The molecule has 1 aliphatic rings. The van der Waals surface area contributed by atoms with E-state index in [0.29, 0.717) is 23.2 Å². The van der Waals surface area contributed by atoms with Crippen molar-refractivity contribution in [3.63, 3.8) is 0 Å². The fourth-order valence-electron chi connectivity index (χ4n) is 2.00. The number of hydrogen-bond donors (Lipinski definition) is 2. The topological polar surface area (TPSA) is 55.1 Å². The van der Waals surface area contributed by atoms with Crippen molar-refractivity contribution in [3.8, 4) is 0 Å². The van der Waals surface area contributed by atoms with Crippen LogP contribution in [-0.2, 0) is 11.2 Å². The van der Waals surface area contributed by atoms with Gasteiger partial charge in [-0.2, -0.15) is 0 Å². The minimum absolute atomic E-state index is 0.0635. The summed E-state index contributed by atoms with van der Waals surface area (Å²) in [5, 5.41) is 2.89. The lowest BCUT2D eigenvalue weighted by atomic mass is 10.1. The van der Waals surface area contributed by atoms with Crippen LogP contribution in [0, 0.1) is 5.92 Å². The van der Waals surface area contributed by atoms with Gasteiger partial charge in [0.15, 0.2) is 0 Å². The van der Waals surface area contributed by atoms with Crippen LogP contribution < -0.4 is 11.1 Å². The molecule has 1 aromatic heterocycles. The average Bonchev–Trinajstić information content (AvgIpc) is 3.14. The van der Waals surface area contributed by atoms with E-state index in [1.165, 1.54) is 24.2 Å². The van der Waals surface area contributed by atoms with E-state index in [1.54, 1.807) is 0 Å². The van der Waals surface area contributed by atoms with Crippen molar-refractivity contribution in [1.29, 1.82) is 0 Å². The Balaban J connectivity index is 1.62. The number of carbonyl (C=O) groups is 1. The summed E-state index contributed by atoms with van der Waals surface area (Å²) >= 11 is 13.3. The number of aryl methyl sites for hydroxylation is 1. The third-order valence-electron chi connectivity index (χ3n) is 3.34. The van der Waals surface area contributed by atoms with Gasteiger partial charge in [0.2, 0.25) is 5.91 Å². The molecule has 1 aliphatic carbocycles. The molecule has 0 aromatic carbocycles. The summed E-state index contributed by atoms with van der Waals surface area (Å²) in [6.45, 7) is 0.592. The van der Waals surface area contributed by atoms with E-state index >= 15 is 0 Å². The zero-order valence-corrected chi connectivity index (χ0v) is 13.0. The Morgan fingerprint density at radius 1 is 1.53 bits per heavy atom. The SMILES string of the molecule is NC(CNC(=O)CCCc1cc(Cl)sc1Cl)C1CC1. The first-order chi connectivity index (χ1) is 9.06.